The van der Waals surface area contributed by atoms with Crippen LogP contribution in [0.25, 0.3) is 0 Å². The highest BCUT2D eigenvalue weighted by Gasteiger charge is 2.22. The second-order valence-corrected chi connectivity index (χ2v) is 7.89. The summed E-state index contributed by atoms with van der Waals surface area (Å²) < 4.78 is 31.1. The van der Waals surface area contributed by atoms with Gasteiger partial charge in [-0.2, -0.15) is 4.31 Å². The molecule has 0 saturated carbocycles. The largest absolute Gasteiger partial charge is 0.452 e. The molecule has 0 aliphatic carbocycles. The normalized spacial score (nSPS) is 12.7. The van der Waals surface area contributed by atoms with Crippen LogP contribution in [0.1, 0.15) is 50.9 Å². The lowest BCUT2D eigenvalue weighted by molar-refractivity contribution is -0.124. The molecule has 0 aliphatic heterocycles. The van der Waals surface area contributed by atoms with Crippen molar-refractivity contribution in [1.82, 2.24) is 9.62 Å². The first-order valence-electron chi connectivity index (χ1n) is 8.82. The third-order valence-corrected chi connectivity index (χ3v) is 5.96. The Hall–Kier alpha value is -1.93. The highest BCUT2D eigenvalue weighted by atomic mass is 32.2. The van der Waals surface area contributed by atoms with E-state index in [9.17, 15) is 18.0 Å². The van der Waals surface area contributed by atoms with Crippen molar-refractivity contribution in [2.24, 2.45) is 0 Å². The molecule has 7 nitrogen and oxygen atoms in total. The van der Waals surface area contributed by atoms with Gasteiger partial charge in [-0.3, -0.25) is 4.79 Å². The summed E-state index contributed by atoms with van der Waals surface area (Å²) in [5.41, 5.74) is 0.193. The van der Waals surface area contributed by atoms with Crippen LogP contribution in [0.4, 0.5) is 0 Å². The molecular formula is C18H28N2O5S. The molecule has 1 amide bonds. The van der Waals surface area contributed by atoms with Gasteiger partial charge in [-0.25, -0.2) is 13.2 Å². The van der Waals surface area contributed by atoms with Gasteiger partial charge in [0.15, 0.2) is 6.61 Å². The topological polar surface area (TPSA) is 92.8 Å². The molecule has 0 bridgehead atoms. The zero-order valence-corrected chi connectivity index (χ0v) is 16.6. The first kappa shape index (κ1) is 22.1. The van der Waals surface area contributed by atoms with Gasteiger partial charge >= 0.3 is 5.97 Å². The van der Waals surface area contributed by atoms with Crippen molar-refractivity contribution in [2.45, 2.75) is 51.5 Å². The van der Waals surface area contributed by atoms with Gasteiger partial charge in [0, 0.05) is 19.1 Å². The molecule has 1 N–H and O–H groups in total. The minimum atomic E-state index is -3.57. The van der Waals surface area contributed by atoms with E-state index in [0.717, 1.165) is 12.8 Å². The number of nitrogens with one attached hydrogen (secondary N) is 1. The molecule has 0 unspecified atom stereocenters. The Morgan fingerprint density at radius 2 is 1.69 bits per heavy atom. The molecule has 0 aromatic heterocycles. The number of amides is 1. The number of rotatable bonds is 10. The maximum atomic E-state index is 12.4. The van der Waals surface area contributed by atoms with Crippen LogP contribution in [0.5, 0.6) is 0 Å². The lowest BCUT2D eigenvalue weighted by Gasteiger charge is -2.18. The van der Waals surface area contributed by atoms with E-state index >= 15 is 0 Å². The third kappa shape index (κ3) is 6.10. The summed E-state index contributed by atoms with van der Waals surface area (Å²) in [6.07, 6.45) is 1.80. The van der Waals surface area contributed by atoms with Crippen molar-refractivity contribution in [2.75, 3.05) is 19.7 Å². The monoisotopic (exact) mass is 384 g/mol. The van der Waals surface area contributed by atoms with E-state index in [4.69, 9.17) is 4.74 Å². The first-order valence-corrected chi connectivity index (χ1v) is 10.3. The lowest BCUT2D eigenvalue weighted by Crippen LogP contribution is -2.35. The van der Waals surface area contributed by atoms with Crippen molar-refractivity contribution >= 4 is 21.9 Å². The lowest BCUT2D eigenvalue weighted by atomic mass is 10.2. The first-order chi connectivity index (χ1) is 12.3. The summed E-state index contributed by atoms with van der Waals surface area (Å²) in [6.45, 7) is 7.80. The predicted molar refractivity (Wildman–Crippen MR) is 99.3 cm³/mol. The molecule has 0 heterocycles. The summed E-state index contributed by atoms with van der Waals surface area (Å²) in [7, 11) is -3.57. The number of ether oxygens (including phenoxy) is 1. The Labute approximate surface area is 155 Å². The molecule has 1 aromatic carbocycles. The average molecular weight is 384 g/mol. The Bertz CT molecular complexity index is 697. The fourth-order valence-electron chi connectivity index (χ4n) is 2.51. The van der Waals surface area contributed by atoms with E-state index in [2.05, 4.69) is 5.32 Å². The number of sulfonamides is 1. The second-order valence-electron chi connectivity index (χ2n) is 5.95. The molecular weight excluding hydrogens is 356 g/mol. The van der Waals surface area contributed by atoms with Gasteiger partial charge in [0.2, 0.25) is 10.0 Å². The van der Waals surface area contributed by atoms with Gasteiger partial charge in [-0.15, -0.1) is 0 Å². The quantitative estimate of drug-likeness (QED) is 0.624. The molecule has 1 aromatic rings. The highest BCUT2D eigenvalue weighted by molar-refractivity contribution is 7.89. The fraction of sp³-hybridized carbons (Fsp3) is 0.556. The molecule has 26 heavy (non-hydrogen) atoms. The Balaban J connectivity index is 2.68. The number of benzene rings is 1. The van der Waals surface area contributed by atoms with Gasteiger partial charge in [-0.05, 0) is 37.6 Å². The SMILES string of the molecule is CCC[C@@H](C)NC(=O)COC(=O)c1ccc(S(=O)(=O)N(CC)CC)cc1. The summed E-state index contributed by atoms with van der Waals surface area (Å²) in [5, 5.41) is 2.74. The van der Waals surface area contributed by atoms with Crippen LogP contribution in [-0.2, 0) is 19.6 Å². The minimum absolute atomic E-state index is 0.0239. The molecule has 1 atom stereocenters. The number of hydrogen-bond acceptors (Lipinski definition) is 5. The standard InChI is InChI=1S/C18H28N2O5S/c1-5-8-14(4)19-17(21)13-25-18(22)15-9-11-16(12-10-15)26(23,24)20(6-2)7-3/h9-12,14H,5-8,13H2,1-4H3,(H,19,21)/t14-/m1/s1. The highest BCUT2D eigenvalue weighted by Crippen LogP contribution is 2.16. The zero-order chi connectivity index (χ0) is 19.7. The van der Waals surface area contributed by atoms with Crippen LogP contribution in [0.2, 0.25) is 0 Å². The Kier molecular flexibility index (Phi) is 8.74. The summed E-state index contributed by atoms with van der Waals surface area (Å²) >= 11 is 0. The van der Waals surface area contributed by atoms with Crippen molar-refractivity contribution in [3.63, 3.8) is 0 Å². The number of carbonyl (C=O) groups is 2. The Morgan fingerprint density at radius 1 is 1.12 bits per heavy atom. The van der Waals surface area contributed by atoms with Crippen molar-refractivity contribution in [3.05, 3.63) is 29.8 Å². The fourth-order valence-corrected chi connectivity index (χ4v) is 3.97. The van der Waals surface area contributed by atoms with Crippen molar-refractivity contribution in [1.29, 1.82) is 0 Å². The number of nitrogens with zero attached hydrogens (tertiary/aromatic N) is 1. The van der Waals surface area contributed by atoms with Crippen LogP contribution in [0, 0.1) is 0 Å². The van der Waals surface area contributed by atoms with Crippen molar-refractivity contribution < 1.29 is 22.7 Å². The minimum Gasteiger partial charge on any atom is -0.452 e. The van der Waals surface area contributed by atoms with E-state index in [1.807, 2.05) is 13.8 Å². The Morgan fingerprint density at radius 3 is 2.19 bits per heavy atom. The summed E-state index contributed by atoms with van der Waals surface area (Å²) in [6, 6.07) is 5.53. The van der Waals surface area contributed by atoms with E-state index < -0.39 is 16.0 Å². The molecule has 0 spiro atoms. The van der Waals surface area contributed by atoms with E-state index in [1.165, 1.54) is 28.6 Å². The van der Waals surface area contributed by atoms with Gasteiger partial charge in [0.05, 0.1) is 10.5 Å². The second kappa shape index (κ2) is 10.3. The van der Waals surface area contributed by atoms with Crippen LogP contribution < -0.4 is 5.32 Å². The smallest absolute Gasteiger partial charge is 0.338 e. The molecule has 146 valence electrons. The third-order valence-electron chi connectivity index (χ3n) is 3.90. The van der Waals surface area contributed by atoms with Crippen LogP contribution in [0.3, 0.4) is 0 Å². The molecule has 8 heteroatoms. The van der Waals surface area contributed by atoms with Crippen molar-refractivity contribution in [3.8, 4) is 0 Å². The van der Waals surface area contributed by atoms with Gasteiger partial charge in [0.1, 0.15) is 0 Å². The van der Waals surface area contributed by atoms with Crippen LogP contribution >= 0.6 is 0 Å². The number of esters is 1. The van der Waals surface area contributed by atoms with E-state index in [1.54, 1.807) is 13.8 Å². The average Bonchev–Trinajstić information content (AvgIpc) is 2.60. The summed E-state index contributed by atoms with van der Waals surface area (Å²) in [5.74, 6) is -1.03. The van der Waals surface area contributed by atoms with Crippen LogP contribution in [-0.4, -0.2) is 50.3 Å². The summed E-state index contributed by atoms with van der Waals surface area (Å²) in [4.78, 5) is 23.8. The van der Waals surface area contributed by atoms with Crippen LogP contribution in [0.15, 0.2) is 29.2 Å². The molecule has 0 radical (unpaired) electrons. The zero-order valence-electron chi connectivity index (χ0n) is 15.8. The maximum absolute atomic E-state index is 12.4. The molecule has 1 rings (SSSR count). The predicted octanol–water partition coefficient (Wildman–Crippen LogP) is 2.18. The number of carbonyl (C=O) groups excluding carboxylic acids is 2. The molecule has 0 aliphatic rings. The molecule has 0 fully saturated rings. The van der Waals surface area contributed by atoms with E-state index in [-0.39, 0.29) is 29.0 Å². The van der Waals surface area contributed by atoms with Gasteiger partial charge in [-0.1, -0.05) is 27.2 Å². The van der Waals surface area contributed by atoms with Gasteiger partial charge in [0.25, 0.3) is 5.91 Å². The number of hydrogen-bond donors (Lipinski definition) is 1. The van der Waals surface area contributed by atoms with Gasteiger partial charge < -0.3 is 10.1 Å². The maximum Gasteiger partial charge on any atom is 0.338 e. The van der Waals surface area contributed by atoms with E-state index in [0.29, 0.717) is 13.1 Å². The molecule has 0 saturated heterocycles.